The lowest BCUT2D eigenvalue weighted by Crippen LogP contribution is -2.40. The molecule has 1 unspecified atom stereocenters. The van der Waals surface area contributed by atoms with Gasteiger partial charge in [0.2, 0.25) is 0 Å². The highest BCUT2D eigenvalue weighted by Gasteiger charge is 2.36. The van der Waals surface area contributed by atoms with E-state index in [4.69, 9.17) is 23.1 Å². The van der Waals surface area contributed by atoms with Crippen molar-refractivity contribution in [2.45, 2.75) is 25.8 Å². The third-order valence-corrected chi connectivity index (χ3v) is 8.88. The standard InChI is InChI=1S/C31H27ClF2N6OS/c1-16(17-8-6-12-38-29(17)36)40-14-11-19-24(31(40)41)20(7-4-5-13-39(2)3)27(34)25(26(19)32)18-9-10-22(33)28-23(18)21(15-35)30(37)42-28/h6,8-10,12,16H,5,11,13-14,37H2,1-3H3,(H2,36,38). The van der Waals surface area contributed by atoms with Crippen molar-refractivity contribution in [1.82, 2.24) is 14.8 Å². The fourth-order valence-electron chi connectivity index (χ4n) is 5.30. The third kappa shape index (κ3) is 4.92. The van der Waals surface area contributed by atoms with Crippen LogP contribution in [0, 0.1) is 34.8 Å². The highest BCUT2D eigenvalue weighted by atomic mass is 35.5. The molecule has 1 aliphatic heterocycles. The fraction of sp³-hybridized carbons (Fsp3) is 0.258. The first kappa shape index (κ1) is 29.3. The molecule has 0 saturated heterocycles. The number of thiophene rings is 1. The Morgan fingerprint density at radius 2 is 1.98 bits per heavy atom. The van der Waals surface area contributed by atoms with Crippen molar-refractivity contribution in [3.8, 4) is 29.0 Å². The summed E-state index contributed by atoms with van der Waals surface area (Å²) in [6.07, 6.45) is 2.31. The average Bonchev–Trinajstić information content (AvgIpc) is 3.30. The van der Waals surface area contributed by atoms with Crippen molar-refractivity contribution in [2.24, 2.45) is 0 Å². The number of hydrogen-bond donors (Lipinski definition) is 2. The number of benzene rings is 2. The molecule has 0 spiro atoms. The molecule has 42 heavy (non-hydrogen) atoms. The zero-order valence-corrected chi connectivity index (χ0v) is 24.8. The Morgan fingerprint density at radius 3 is 2.67 bits per heavy atom. The number of halogens is 3. The predicted molar refractivity (Wildman–Crippen MR) is 163 cm³/mol. The zero-order chi connectivity index (χ0) is 30.3. The van der Waals surface area contributed by atoms with Crippen molar-refractivity contribution < 1.29 is 13.6 Å². The number of hydrogen-bond acceptors (Lipinski definition) is 7. The van der Waals surface area contributed by atoms with E-state index in [0.29, 0.717) is 36.3 Å². The van der Waals surface area contributed by atoms with Crippen molar-refractivity contribution in [3.63, 3.8) is 0 Å². The SMILES string of the molecule is CC(c1cccnc1N)N1CCc2c(Cl)c(-c3ccc(F)c4sc(N)c(C#N)c34)c(F)c(C#CCCN(C)C)c2C1=O. The van der Waals surface area contributed by atoms with Crippen LogP contribution in [0.25, 0.3) is 21.2 Å². The Kier molecular flexibility index (Phi) is 8.07. The van der Waals surface area contributed by atoms with Gasteiger partial charge in [-0.2, -0.15) is 5.26 Å². The summed E-state index contributed by atoms with van der Waals surface area (Å²) in [5, 5.41) is 10.1. The highest BCUT2D eigenvalue weighted by molar-refractivity contribution is 7.23. The minimum Gasteiger partial charge on any atom is -0.389 e. The molecular weight excluding hydrogens is 578 g/mol. The molecule has 5 rings (SSSR count). The van der Waals surface area contributed by atoms with E-state index < -0.39 is 23.6 Å². The number of nitriles is 1. The normalized spacial score (nSPS) is 13.6. The zero-order valence-electron chi connectivity index (χ0n) is 23.2. The number of rotatable bonds is 5. The Bertz CT molecular complexity index is 1850. The van der Waals surface area contributed by atoms with Gasteiger partial charge in [-0.05, 0) is 50.7 Å². The van der Waals surface area contributed by atoms with Gasteiger partial charge in [-0.3, -0.25) is 4.79 Å². The molecule has 0 bridgehead atoms. The van der Waals surface area contributed by atoms with Crippen molar-refractivity contribution in [2.75, 3.05) is 38.7 Å². The van der Waals surface area contributed by atoms with Gasteiger partial charge in [0.05, 0.1) is 32.5 Å². The van der Waals surface area contributed by atoms with E-state index in [-0.39, 0.29) is 54.5 Å². The second kappa shape index (κ2) is 11.6. The number of fused-ring (bicyclic) bond motifs is 2. The van der Waals surface area contributed by atoms with Crippen LogP contribution in [-0.2, 0) is 6.42 Å². The minimum absolute atomic E-state index is 0.0180. The summed E-state index contributed by atoms with van der Waals surface area (Å²) in [4.78, 5) is 21.8. The summed E-state index contributed by atoms with van der Waals surface area (Å²) in [6.45, 7) is 2.75. The van der Waals surface area contributed by atoms with Crippen LogP contribution < -0.4 is 11.5 Å². The van der Waals surface area contributed by atoms with E-state index in [1.165, 1.54) is 12.1 Å². The summed E-state index contributed by atoms with van der Waals surface area (Å²) < 4.78 is 31.7. The van der Waals surface area contributed by atoms with E-state index in [1.807, 2.05) is 32.0 Å². The molecule has 2 aromatic heterocycles. The van der Waals surface area contributed by atoms with E-state index in [0.717, 1.165) is 11.3 Å². The molecule has 1 amide bonds. The predicted octanol–water partition coefficient (Wildman–Crippen LogP) is 5.99. The van der Waals surface area contributed by atoms with Gasteiger partial charge in [-0.1, -0.05) is 35.6 Å². The van der Waals surface area contributed by atoms with E-state index in [2.05, 4.69) is 16.8 Å². The molecule has 0 radical (unpaired) electrons. The van der Waals surface area contributed by atoms with Crippen LogP contribution in [0.5, 0.6) is 0 Å². The van der Waals surface area contributed by atoms with E-state index in [1.54, 1.807) is 23.2 Å². The summed E-state index contributed by atoms with van der Waals surface area (Å²) in [7, 11) is 3.80. The molecule has 4 N–H and O–H groups in total. The quantitative estimate of drug-likeness (QED) is 0.271. The number of aromatic nitrogens is 1. The molecule has 2 aromatic carbocycles. The van der Waals surface area contributed by atoms with Crippen molar-refractivity contribution in [3.05, 3.63) is 74.9 Å². The molecule has 11 heteroatoms. The molecule has 0 aliphatic carbocycles. The van der Waals surface area contributed by atoms with Gasteiger partial charge in [-0.25, -0.2) is 13.8 Å². The summed E-state index contributed by atoms with van der Waals surface area (Å²) in [6, 6.07) is 7.69. The van der Waals surface area contributed by atoms with Gasteiger partial charge in [-0.15, -0.1) is 11.3 Å². The first-order valence-electron chi connectivity index (χ1n) is 13.2. The van der Waals surface area contributed by atoms with Gasteiger partial charge in [0.25, 0.3) is 5.91 Å². The lowest BCUT2D eigenvalue weighted by atomic mass is 9.87. The molecular formula is C31H27ClF2N6OS. The Balaban J connectivity index is 1.75. The maximum absolute atomic E-state index is 16.7. The number of nitrogen functional groups attached to an aromatic ring is 2. The second-order valence-electron chi connectivity index (χ2n) is 10.2. The smallest absolute Gasteiger partial charge is 0.256 e. The summed E-state index contributed by atoms with van der Waals surface area (Å²) in [5.74, 6) is 4.37. The van der Waals surface area contributed by atoms with Crippen LogP contribution in [0.15, 0.2) is 30.5 Å². The molecule has 7 nitrogen and oxygen atoms in total. The van der Waals surface area contributed by atoms with Gasteiger partial charge in [0, 0.05) is 42.2 Å². The lowest BCUT2D eigenvalue weighted by molar-refractivity contribution is 0.0672. The van der Waals surface area contributed by atoms with Crippen molar-refractivity contribution >= 4 is 49.7 Å². The van der Waals surface area contributed by atoms with Crippen LogP contribution in [0.3, 0.4) is 0 Å². The molecule has 214 valence electrons. The van der Waals surface area contributed by atoms with Gasteiger partial charge in [0.15, 0.2) is 0 Å². The monoisotopic (exact) mass is 604 g/mol. The topological polar surface area (TPSA) is 112 Å². The molecule has 1 atom stereocenters. The Morgan fingerprint density at radius 1 is 1.21 bits per heavy atom. The molecule has 0 fully saturated rings. The Hall–Kier alpha value is -4.22. The van der Waals surface area contributed by atoms with Crippen LogP contribution in [-0.4, -0.2) is 47.9 Å². The molecule has 4 aromatic rings. The fourth-order valence-corrected chi connectivity index (χ4v) is 6.63. The third-order valence-electron chi connectivity index (χ3n) is 7.44. The van der Waals surface area contributed by atoms with Gasteiger partial charge >= 0.3 is 0 Å². The van der Waals surface area contributed by atoms with Crippen LogP contribution >= 0.6 is 22.9 Å². The van der Waals surface area contributed by atoms with E-state index in [9.17, 15) is 14.4 Å². The second-order valence-corrected chi connectivity index (χ2v) is 11.7. The first-order chi connectivity index (χ1) is 20.1. The van der Waals surface area contributed by atoms with E-state index >= 15 is 4.39 Å². The largest absolute Gasteiger partial charge is 0.389 e. The maximum atomic E-state index is 16.7. The summed E-state index contributed by atoms with van der Waals surface area (Å²) in [5.41, 5.74) is 13.5. The number of nitrogens with two attached hydrogens (primary N) is 2. The van der Waals surface area contributed by atoms with Crippen molar-refractivity contribution in [1.29, 1.82) is 5.26 Å². The number of amides is 1. The van der Waals surface area contributed by atoms with Gasteiger partial charge in [0.1, 0.15) is 28.5 Å². The van der Waals surface area contributed by atoms with Crippen LogP contribution in [0.1, 0.15) is 52.0 Å². The number of carbonyl (C=O) groups excluding carboxylic acids is 1. The first-order valence-corrected chi connectivity index (χ1v) is 14.4. The Labute approximate surface area is 251 Å². The summed E-state index contributed by atoms with van der Waals surface area (Å²) >= 11 is 7.83. The minimum atomic E-state index is -0.818. The number of nitrogens with zero attached hydrogens (tertiary/aromatic N) is 4. The van der Waals surface area contributed by atoms with Crippen LogP contribution in [0.4, 0.5) is 19.6 Å². The van der Waals surface area contributed by atoms with Crippen LogP contribution in [0.2, 0.25) is 5.02 Å². The lowest BCUT2D eigenvalue weighted by Gasteiger charge is -2.35. The van der Waals surface area contributed by atoms with Gasteiger partial charge < -0.3 is 21.3 Å². The number of carbonyl (C=O) groups is 1. The number of pyridine rings is 1. The number of anilines is 2. The molecule has 1 aliphatic rings. The molecule has 0 saturated carbocycles. The highest BCUT2D eigenvalue weighted by Crippen LogP contribution is 2.47. The maximum Gasteiger partial charge on any atom is 0.256 e. The average molecular weight is 605 g/mol. The molecule has 3 heterocycles.